The van der Waals surface area contributed by atoms with E-state index in [-0.39, 0.29) is 0 Å². The third-order valence-corrected chi connectivity index (χ3v) is 3.77. The van der Waals surface area contributed by atoms with Crippen LogP contribution >= 0.6 is 15.9 Å². The van der Waals surface area contributed by atoms with E-state index in [0.29, 0.717) is 0 Å². The summed E-state index contributed by atoms with van der Waals surface area (Å²) in [6.07, 6.45) is 0. The second kappa shape index (κ2) is 6.09. The summed E-state index contributed by atoms with van der Waals surface area (Å²) in [6, 6.07) is 13.1. The second-order valence-electron chi connectivity index (χ2n) is 4.87. The van der Waals surface area contributed by atoms with Gasteiger partial charge >= 0.3 is 0 Å². The number of anilines is 1. The Morgan fingerprint density at radius 3 is 2.45 bits per heavy atom. The number of nitrogens with two attached hydrogens (primary N) is 1. The second-order valence-corrected chi connectivity index (χ2v) is 5.73. The molecule has 0 aliphatic heterocycles. The van der Waals surface area contributed by atoms with E-state index < -0.39 is 11.9 Å². The van der Waals surface area contributed by atoms with Gasteiger partial charge in [-0.2, -0.15) is 0 Å². The van der Waals surface area contributed by atoms with Crippen LogP contribution in [0.1, 0.15) is 22.7 Å². The summed E-state index contributed by atoms with van der Waals surface area (Å²) in [5.41, 5.74) is 9.50. The Morgan fingerprint density at radius 2 is 1.85 bits per heavy atom. The van der Waals surface area contributed by atoms with Crippen LogP contribution in [-0.4, -0.2) is 5.91 Å². The molecule has 2 aromatic rings. The first kappa shape index (κ1) is 14.6. The lowest BCUT2D eigenvalue weighted by atomic mass is 10.0. The third kappa shape index (κ3) is 3.39. The van der Waals surface area contributed by atoms with Crippen molar-refractivity contribution in [2.75, 3.05) is 5.32 Å². The molecule has 3 N–H and O–H groups in total. The van der Waals surface area contributed by atoms with Crippen molar-refractivity contribution in [3.8, 4) is 0 Å². The van der Waals surface area contributed by atoms with Crippen LogP contribution in [0.2, 0.25) is 0 Å². The molecule has 0 aliphatic carbocycles. The first-order valence-corrected chi connectivity index (χ1v) is 7.15. The SMILES string of the molecule is Cc1cccc(NC(C(N)=O)c2ccc(C)cc2Br)c1. The van der Waals surface area contributed by atoms with Crippen LogP contribution in [0.25, 0.3) is 0 Å². The van der Waals surface area contributed by atoms with Gasteiger partial charge in [-0.25, -0.2) is 0 Å². The zero-order valence-corrected chi connectivity index (χ0v) is 13.1. The van der Waals surface area contributed by atoms with E-state index in [1.54, 1.807) is 0 Å². The number of nitrogens with one attached hydrogen (secondary N) is 1. The van der Waals surface area contributed by atoms with E-state index in [1.807, 2.05) is 56.3 Å². The van der Waals surface area contributed by atoms with Gasteiger partial charge in [0.15, 0.2) is 0 Å². The number of hydrogen-bond acceptors (Lipinski definition) is 2. The summed E-state index contributed by atoms with van der Waals surface area (Å²) in [5, 5.41) is 3.19. The van der Waals surface area contributed by atoms with Gasteiger partial charge in [-0.3, -0.25) is 4.79 Å². The number of hydrogen-bond donors (Lipinski definition) is 2. The van der Waals surface area contributed by atoms with Crippen molar-refractivity contribution >= 4 is 27.5 Å². The van der Waals surface area contributed by atoms with Crippen LogP contribution in [0.15, 0.2) is 46.9 Å². The fourth-order valence-electron chi connectivity index (χ4n) is 2.07. The Kier molecular flexibility index (Phi) is 4.45. The number of halogens is 1. The van der Waals surface area contributed by atoms with E-state index in [1.165, 1.54) is 0 Å². The molecule has 4 heteroatoms. The predicted octanol–water partition coefficient (Wildman–Crippen LogP) is 3.70. The quantitative estimate of drug-likeness (QED) is 0.896. The Balaban J connectivity index is 2.34. The largest absolute Gasteiger partial charge is 0.370 e. The lowest BCUT2D eigenvalue weighted by Gasteiger charge is -2.19. The Bertz CT molecular complexity index is 640. The van der Waals surface area contributed by atoms with Gasteiger partial charge in [0.2, 0.25) is 5.91 Å². The summed E-state index contributed by atoms with van der Waals surface area (Å²) in [5.74, 6) is -0.406. The van der Waals surface area contributed by atoms with Crippen LogP contribution in [0, 0.1) is 13.8 Å². The highest BCUT2D eigenvalue weighted by Crippen LogP contribution is 2.27. The number of benzene rings is 2. The molecule has 20 heavy (non-hydrogen) atoms. The minimum absolute atomic E-state index is 0.406. The highest BCUT2D eigenvalue weighted by molar-refractivity contribution is 9.10. The molecule has 2 rings (SSSR count). The number of carbonyl (C=O) groups is 1. The van der Waals surface area contributed by atoms with Crippen LogP contribution in [0.3, 0.4) is 0 Å². The van der Waals surface area contributed by atoms with E-state index in [0.717, 1.165) is 26.9 Å². The smallest absolute Gasteiger partial charge is 0.244 e. The van der Waals surface area contributed by atoms with Crippen molar-refractivity contribution in [3.63, 3.8) is 0 Å². The molecule has 0 radical (unpaired) electrons. The summed E-state index contributed by atoms with van der Waals surface area (Å²) >= 11 is 3.50. The van der Waals surface area contributed by atoms with Gasteiger partial charge in [0.05, 0.1) is 0 Å². The van der Waals surface area contributed by atoms with E-state index >= 15 is 0 Å². The molecule has 1 atom stereocenters. The molecule has 0 aliphatic rings. The average molecular weight is 333 g/mol. The predicted molar refractivity (Wildman–Crippen MR) is 85.6 cm³/mol. The van der Waals surface area contributed by atoms with Gasteiger partial charge in [0.1, 0.15) is 6.04 Å². The van der Waals surface area contributed by atoms with Crippen LogP contribution < -0.4 is 11.1 Å². The van der Waals surface area contributed by atoms with Crippen molar-refractivity contribution < 1.29 is 4.79 Å². The van der Waals surface area contributed by atoms with Crippen LogP contribution in [-0.2, 0) is 4.79 Å². The van der Waals surface area contributed by atoms with Gasteiger partial charge in [0, 0.05) is 10.2 Å². The number of primary amides is 1. The first-order chi connectivity index (χ1) is 9.47. The van der Waals surface area contributed by atoms with E-state index in [4.69, 9.17) is 5.73 Å². The van der Waals surface area contributed by atoms with Gasteiger partial charge < -0.3 is 11.1 Å². The molecule has 0 fully saturated rings. The van der Waals surface area contributed by atoms with Gasteiger partial charge in [-0.05, 0) is 48.7 Å². The molecule has 3 nitrogen and oxygen atoms in total. The normalized spacial score (nSPS) is 11.9. The van der Waals surface area contributed by atoms with Crippen molar-refractivity contribution in [1.29, 1.82) is 0 Å². The molecule has 0 saturated heterocycles. The minimum atomic E-state index is -0.563. The fraction of sp³-hybridized carbons (Fsp3) is 0.188. The van der Waals surface area contributed by atoms with Crippen LogP contribution in [0.5, 0.6) is 0 Å². The monoisotopic (exact) mass is 332 g/mol. The highest BCUT2D eigenvalue weighted by Gasteiger charge is 2.20. The zero-order valence-electron chi connectivity index (χ0n) is 11.5. The molecule has 0 bridgehead atoms. The molecule has 0 heterocycles. The molecule has 1 unspecified atom stereocenters. The Labute approximate surface area is 127 Å². The van der Waals surface area contributed by atoms with E-state index in [2.05, 4.69) is 21.2 Å². The maximum absolute atomic E-state index is 11.8. The molecule has 104 valence electrons. The summed E-state index contributed by atoms with van der Waals surface area (Å²) in [7, 11) is 0. The molecule has 2 aromatic carbocycles. The molecular weight excluding hydrogens is 316 g/mol. The van der Waals surface area contributed by atoms with Crippen molar-refractivity contribution in [2.24, 2.45) is 5.73 Å². The number of carbonyl (C=O) groups excluding carboxylic acids is 1. The summed E-state index contributed by atoms with van der Waals surface area (Å²) in [4.78, 5) is 11.8. The average Bonchev–Trinajstić information content (AvgIpc) is 2.36. The molecule has 0 spiro atoms. The number of amides is 1. The molecule has 0 saturated carbocycles. The standard InChI is InChI=1S/C16H17BrN2O/c1-10-4-3-5-12(8-10)19-15(16(18)20)13-7-6-11(2)9-14(13)17/h3-9,15,19H,1-2H3,(H2,18,20). The maximum Gasteiger partial charge on any atom is 0.244 e. The molecule has 0 aromatic heterocycles. The maximum atomic E-state index is 11.8. The lowest BCUT2D eigenvalue weighted by molar-refractivity contribution is -0.118. The molecule has 1 amide bonds. The minimum Gasteiger partial charge on any atom is -0.370 e. The van der Waals surface area contributed by atoms with Gasteiger partial charge in [-0.15, -0.1) is 0 Å². The van der Waals surface area contributed by atoms with Crippen molar-refractivity contribution in [3.05, 3.63) is 63.6 Å². The molecular formula is C16H17BrN2O. The fourth-order valence-corrected chi connectivity index (χ4v) is 2.79. The summed E-state index contributed by atoms with van der Waals surface area (Å²) in [6.45, 7) is 4.01. The van der Waals surface area contributed by atoms with Crippen LogP contribution in [0.4, 0.5) is 5.69 Å². The van der Waals surface area contributed by atoms with E-state index in [9.17, 15) is 4.79 Å². The Hall–Kier alpha value is -1.81. The summed E-state index contributed by atoms with van der Waals surface area (Å²) < 4.78 is 0.876. The third-order valence-electron chi connectivity index (χ3n) is 3.08. The highest BCUT2D eigenvalue weighted by atomic mass is 79.9. The van der Waals surface area contributed by atoms with Crippen molar-refractivity contribution in [2.45, 2.75) is 19.9 Å². The zero-order chi connectivity index (χ0) is 14.7. The number of rotatable bonds is 4. The topological polar surface area (TPSA) is 55.1 Å². The van der Waals surface area contributed by atoms with Gasteiger partial charge in [-0.1, -0.05) is 40.2 Å². The Morgan fingerprint density at radius 1 is 1.15 bits per heavy atom. The number of aryl methyl sites for hydroxylation is 2. The van der Waals surface area contributed by atoms with Crippen molar-refractivity contribution in [1.82, 2.24) is 0 Å². The first-order valence-electron chi connectivity index (χ1n) is 6.36. The van der Waals surface area contributed by atoms with Gasteiger partial charge in [0.25, 0.3) is 0 Å². The lowest BCUT2D eigenvalue weighted by Crippen LogP contribution is -2.28.